The van der Waals surface area contributed by atoms with Crippen LogP contribution < -0.4 is 0 Å². The smallest absolute Gasteiger partial charge is 0.324 e. The van der Waals surface area contributed by atoms with E-state index in [2.05, 4.69) is 28.9 Å². The number of nitrogens with one attached hydrogen (secondary N) is 1. The number of carboxylic acid groups (broad SMARTS) is 1. The van der Waals surface area contributed by atoms with Crippen molar-refractivity contribution >= 4 is 16.9 Å². The molecule has 1 aliphatic heterocycles. The molecular formula is C17H22N2O2. The van der Waals surface area contributed by atoms with Gasteiger partial charge in [0.1, 0.15) is 5.54 Å². The first-order chi connectivity index (χ1) is 10.1. The number of aliphatic carboxylic acids is 1. The molecule has 1 unspecified atom stereocenters. The molecule has 2 heterocycles. The van der Waals surface area contributed by atoms with E-state index in [-0.39, 0.29) is 0 Å². The van der Waals surface area contributed by atoms with Crippen LogP contribution in [0.1, 0.15) is 37.4 Å². The van der Waals surface area contributed by atoms with Crippen molar-refractivity contribution in [3.05, 3.63) is 35.5 Å². The van der Waals surface area contributed by atoms with Crippen LogP contribution in [0.3, 0.4) is 0 Å². The van der Waals surface area contributed by atoms with Gasteiger partial charge >= 0.3 is 5.97 Å². The Morgan fingerprint density at radius 2 is 2.19 bits per heavy atom. The minimum atomic E-state index is -0.690. The monoisotopic (exact) mass is 286 g/mol. The Labute approximate surface area is 124 Å². The van der Waals surface area contributed by atoms with Gasteiger partial charge in [-0.2, -0.15) is 0 Å². The Hall–Kier alpha value is -1.81. The van der Waals surface area contributed by atoms with Gasteiger partial charge in [-0.05, 0) is 44.4 Å². The van der Waals surface area contributed by atoms with E-state index >= 15 is 0 Å². The highest BCUT2D eigenvalue weighted by Crippen LogP contribution is 2.35. The largest absolute Gasteiger partial charge is 0.480 e. The first-order valence-corrected chi connectivity index (χ1v) is 7.63. The second kappa shape index (κ2) is 5.19. The van der Waals surface area contributed by atoms with E-state index in [1.165, 1.54) is 10.9 Å². The van der Waals surface area contributed by atoms with Gasteiger partial charge in [0.25, 0.3) is 0 Å². The van der Waals surface area contributed by atoms with E-state index in [0.29, 0.717) is 13.0 Å². The number of aromatic amines is 1. The normalized spacial score (nSPS) is 23.0. The summed E-state index contributed by atoms with van der Waals surface area (Å²) in [5.74, 6) is -0.681. The summed E-state index contributed by atoms with van der Waals surface area (Å²) in [5, 5.41) is 10.9. The summed E-state index contributed by atoms with van der Waals surface area (Å²) in [6.07, 6.45) is 2.37. The Morgan fingerprint density at radius 1 is 1.43 bits per heavy atom. The summed E-state index contributed by atoms with van der Waals surface area (Å²) in [6.45, 7) is 5.61. The number of hydrogen-bond acceptors (Lipinski definition) is 2. The Balaban J connectivity index is 1.98. The van der Waals surface area contributed by atoms with Crippen LogP contribution in [0, 0.1) is 6.92 Å². The number of benzene rings is 1. The summed E-state index contributed by atoms with van der Waals surface area (Å²) in [6, 6.07) is 8.23. The van der Waals surface area contributed by atoms with Gasteiger partial charge in [0.15, 0.2) is 0 Å². The topological polar surface area (TPSA) is 56.3 Å². The molecule has 2 N–H and O–H groups in total. The van der Waals surface area contributed by atoms with Crippen LogP contribution in [-0.2, 0) is 11.3 Å². The van der Waals surface area contributed by atoms with E-state index < -0.39 is 11.5 Å². The van der Waals surface area contributed by atoms with Gasteiger partial charge in [0.05, 0.1) is 0 Å². The molecule has 21 heavy (non-hydrogen) atoms. The van der Waals surface area contributed by atoms with Crippen molar-refractivity contribution in [3.63, 3.8) is 0 Å². The summed E-state index contributed by atoms with van der Waals surface area (Å²) < 4.78 is 0. The van der Waals surface area contributed by atoms with E-state index in [4.69, 9.17) is 0 Å². The fraction of sp³-hybridized carbons (Fsp3) is 0.471. The molecule has 4 nitrogen and oxygen atoms in total. The van der Waals surface area contributed by atoms with Crippen molar-refractivity contribution in [2.24, 2.45) is 0 Å². The van der Waals surface area contributed by atoms with Gasteiger partial charge in [0.2, 0.25) is 0 Å². The molecule has 112 valence electrons. The molecular weight excluding hydrogens is 264 g/mol. The number of rotatable bonds is 4. The SMILES string of the molecule is CCC1(C(=O)O)CCCN1Cc1c(C)[nH]c2ccccc12. The van der Waals surface area contributed by atoms with E-state index in [1.54, 1.807) is 0 Å². The van der Waals surface area contributed by atoms with Crippen LogP contribution in [0.2, 0.25) is 0 Å². The van der Waals surface area contributed by atoms with Crippen LogP contribution in [0.4, 0.5) is 0 Å². The van der Waals surface area contributed by atoms with Crippen LogP contribution in [-0.4, -0.2) is 33.0 Å². The summed E-state index contributed by atoms with van der Waals surface area (Å²) in [7, 11) is 0. The van der Waals surface area contributed by atoms with Crippen molar-refractivity contribution in [1.29, 1.82) is 0 Å². The Kier molecular flexibility index (Phi) is 3.49. The zero-order chi connectivity index (χ0) is 15.0. The van der Waals surface area contributed by atoms with Gasteiger partial charge in [-0.15, -0.1) is 0 Å². The average Bonchev–Trinajstić information content (AvgIpc) is 3.02. The standard InChI is InChI=1S/C17H22N2O2/c1-3-17(16(20)21)9-6-10-19(17)11-14-12(2)18-15-8-5-4-7-13(14)15/h4-5,7-8,18H,3,6,9-11H2,1-2H3,(H,20,21). The number of likely N-dealkylation sites (tertiary alicyclic amines) is 1. The second-order valence-electron chi connectivity index (χ2n) is 5.99. The molecule has 2 aromatic rings. The van der Waals surface area contributed by atoms with Gasteiger partial charge in [-0.1, -0.05) is 25.1 Å². The van der Waals surface area contributed by atoms with Gasteiger partial charge in [0, 0.05) is 23.1 Å². The van der Waals surface area contributed by atoms with Crippen LogP contribution >= 0.6 is 0 Å². The molecule has 0 bridgehead atoms. The molecule has 1 aliphatic rings. The Morgan fingerprint density at radius 3 is 2.90 bits per heavy atom. The van der Waals surface area contributed by atoms with Gasteiger partial charge in [-0.3, -0.25) is 9.69 Å². The molecule has 0 radical (unpaired) electrons. The Bertz CT molecular complexity index is 676. The van der Waals surface area contributed by atoms with Gasteiger partial charge in [-0.25, -0.2) is 0 Å². The third kappa shape index (κ3) is 2.14. The lowest BCUT2D eigenvalue weighted by Gasteiger charge is -2.34. The third-order valence-electron chi connectivity index (χ3n) is 4.98. The highest BCUT2D eigenvalue weighted by Gasteiger charge is 2.46. The molecule has 1 aromatic heterocycles. The first kappa shape index (κ1) is 14.1. The first-order valence-electron chi connectivity index (χ1n) is 7.63. The number of aromatic nitrogens is 1. The molecule has 0 saturated carbocycles. The number of carboxylic acids is 1. The van der Waals surface area contributed by atoms with Crippen LogP contribution in [0.15, 0.2) is 24.3 Å². The van der Waals surface area contributed by atoms with Crippen molar-refractivity contribution in [2.45, 2.75) is 45.2 Å². The maximum atomic E-state index is 11.8. The molecule has 4 heteroatoms. The lowest BCUT2D eigenvalue weighted by atomic mass is 9.92. The summed E-state index contributed by atoms with van der Waals surface area (Å²) in [4.78, 5) is 17.3. The zero-order valence-electron chi connectivity index (χ0n) is 12.6. The number of aryl methyl sites for hydroxylation is 1. The summed E-state index contributed by atoms with van der Waals surface area (Å²) >= 11 is 0. The highest BCUT2D eigenvalue weighted by atomic mass is 16.4. The third-order valence-corrected chi connectivity index (χ3v) is 4.98. The minimum absolute atomic E-state index is 0.656. The summed E-state index contributed by atoms with van der Waals surface area (Å²) in [5.41, 5.74) is 2.80. The predicted molar refractivity (Wildman–Crippen MR) is 83.3 cm³/mol. The molecule has 0 spiro atoms. The van der Waals surface area contributed by atoms with Crippen LogP contribution in [0.25, 0.3) is 10.9 Å². The molecule has 3 rings (SSSR count). The van der Waals surface area contributed by atoms with Crippen molar-refractivity contribution in [3.8, 4) is 0 Å². The van der Waals surface area contributed by atoms with Crippen molar-refractivity contribution < 1.29 is 9.90 Å². The molecule has 1 aromatic carbocycles. The molecule has 1 saturated heterocycles. The van der Waals surface area contributed by atoms with E-state index in [9.17, 15) is 9.90 Å². The lowest BCUT2D eigenvalue weighted by molar-refractivity contribution is -0.150. The maximum absolute atomic E-state index is 11.8. The molecule has 0 aliphatic carbocycles. The lowest BCUT2D eigenvalue weighted by Crippen LogP contribution is -2.49. The van der Waals surface area contributed by atoms with Gasteiger partial charge < -0.3 is 10.1 Å². The molecule has 1 fully saturated rings. The number of nitrogens with zero attached hydrogens (tertiary/aromatic N) is 1. The fourth-order valence-corrected chi connectivity index (χ4v) is 3.69. The second-order valence-corrected chi connectivity index (χ2v) is 5.99. The quantitative estimate of drug-likeness (QED) is 0.906. The minimum Gasteiger partial charge on any atom is -0.480 e. The molecule has 0 amide bonds. The fourth-order valence-electron chi connectivity index (χ4n) is 3.69. The zero-order valence-corrected chi connectivity index (χ0v) is 12.6. The number of hydrogen-bond donors (Lipinski definition) is 2. The number of para-hydroxylation sites is 1. The number of H-pyrrole nitrogens is 1. The predicted octanol–water partition coefficient (Wildman–Crippen LogP) is 3.31. The maximum Gasteiger partial charge on any atom is 0.324 e. The van der Waals surface area contributed by atoms with E-state index in [1.807, 2.05) is 19.1 Å². The molecule has 1 atom stereocenters. The van der Waals surface area contributed by atoms with E-state index in [0.717, 1.165) is 30.6 Å². The van der Waals surface area contributed by atoms with Crippen LogP contribution in [0.5, 0.6) is 0 Å². The number of carbonyl (C=O) groups is 1. The van der Waals surface area contributed by atoms with Crippen molar-refractivity contribution in [2.75, 3.05) is 6.54 Å². The highest BCUT2D eigenvalue weighted by molar-refractivity contribution is 5.85. The number of fused-ring (bicyclic) bond motifs is 1. The van der Waals surface area contributed by atoms with Crippen molar-refractivity contribution in [1.82, 2.24) is 9.88 Å². The average molecular weight is 286 g/mol.